The molecular weight excluding hydrogens is 116 g/mol. The first-order valence-electron chi connectivity index (χ1n) is 3.43. The van der Waals surface area contributed by atoms with E-state index in [4.69, 9.17) is 4.74 Å². The standard InChI is InChI=1S/C6H11N2O/c1-2-7-6(1)5-9-4-3-8-6/h7H,1-5H2. The maximum atomic E-state index is 5.27. The second kappa shape index (κ2) is 1.94. The first-order valence-corrected chi connectivity index (χ1v) is 3.43. The van der Waals surface area contributed by atoms with E-state index in [0.717, 1.165) is 32.7 Å². The van der Waals surface area contributed by atoms with E-state index in [1.165, 1.54) is 0 Å². The Balaban J connectivity index is 1.93. The Bertz CT molecular complexity index is 104. The van der Waals surface area contributed by atoms with Crippen molar-refractivity contribution in [1.29, 1.82) is 0 Å². The van der Waals surface area contributed by atoms with Gasteiger partial charge in [-0.25, -0.2) is 5.32 Å². The fourth-order valence-corrected chi connectivity index (χ4v) is 1.28. The molecule has 9 heavy (non-hydrogen) atoms. The molecule has 2 aliphatic rings. The highest BCUT2D eigenvalue weighted by atomic mass is 16.5. The van der Waals surface area contributed by atoms with Crippen molar-refractivity contribution < 1.29 is 4.74 Å². The van der Waals surface area contributed by atoms with Gasteiger partial charge in [0.2, 0.25) is 0 Å². The van der Waals surface area contributed by atoms with E-state index < -0.39 is 0 Å². The summed E-state index contributed by atoms with van der Waals surface area (Å²) in [7, 11) is 0. The van der Waals surface area contributed by atoms with Gasteiger partial charge in [0.25, 0.3) is 0 Å². The van der Waals surface area contributed by atoms with Crippen molar-refractivity contribution >= 4 is 0 Å². The smallest absolute Gasteiger partial charge is 0.110 e. The third-order valence-corrected chi connectivity index (χ3v) is 1.98. The average molecular weight is 127 g/mol. The van der Waals surface area contributed by atoms with E-state index in [-0.39, 0.29) is 5.66 Å². The summed E-state index contributed by atoms with van der Waals surface area (Å²) in [5.41, 5.74) is 0.0538. The molecule has 2 fully saturated rings. The molecule has 51 valence electrons. The van der Waals surface area contributed by atoms with Crippen LogP contribution in [0.2, 0.25) is 0 Å². The van der Waals surface area contributed by atoms with Crippen LogP contribution in [-0.2, 0) is 4.74 Å². The third-order valence-electron chi connectivity index (χ3n) is 1.98. The summed E-state index contributed by atoms with van der Waals surface area (Å²) in [6, 6.07) is 0. The third kappa shape index (κ3) is 0.852. The molecule has 0 saturated carbocycles. The Hall–Kier alpha value is -0.120. The molecule has 1 N–H and O–H groups in total. The lowest BCUT2D eigenvalue weighted by Gasteiger charge is -2.44. The topological polar surface area (TPSA) is 35.4 Å². The zero-order chi connectivity index (χ0) is 6.16. The van der Waals surface area contributed by atoms with Crippen LogP contribution >= 0.6 is 0 Å². The number of hydrogen-bond acceptors (Lipinski definition) is 2. The molecule has 3 heteroatoms. The molecule has 0 amide bonds. The number of nitrogens with zero attached hydrogens (tertiary/aromatic N) is 1. The molecule has 1 atom stereocenters. The van der Waals surface area contributed by atoms with E-state index >= 15 is 0 Å². The molecule has 2 rings (SSSR count). The van der Waals surface area contributed by atoms with Gasteiger partial charge in [0, 0.05) is 13.1 Å². The van der Waals surface area contributed by atoms with Gasteiger partial charge in [-0.2, -0.15) is 0 Å². The highest BCUT2D eigenvalue weighted by molar-refractivity contribution is 4.95. The molecule has 3 nitrogen and oxygen atoms in total. The van der Waals surface area contributed by atoms with Crippen molar-refractivity contribution in [2.75, 3.05) is 26.3 Å². The van der Waals surface area contributed by atoms with Crippen LogP contribution in [0.3, 0.4) is 0 Å². The van der Waals surface area contributed by atoms with Gasteiger partial charge in [0.1, 0.15) is 5.66 Å². The van der Waals surface area contributed by atoms with E-state index in [9.17, 15) is 0 Å². The molecule has 0 aromatic carbocycles. The normalized spacial score (nSPS) is 42.7. The summed E-state index contributed by atoms with van der Waals surface area (Å²) >= 11 is 0. The molecule has 2 saturated heterocycles. The van der Waals surface area contributed by atoms with Crippen LogP contribution in [0.15, 0.2) is 0 Å². The van der Waals surface area contributed by atoms with Gasteiger partial charge in [-0.15, -0.1) is 0 Å². The fraction of sp³-hybridized carbons (Fsp3) is 1.00. The Morgan fingerprint density at radius 3 is 2.78 bits per heavy atom. The SMILES string of the molecule is C1COCC2(CCN2)[N]1. The van der Waals surface area contributed by atoms with E-state index in [1.54, 1.807) is 0 Å². The zero-order valence-corrected chi connectivity index (χ0v) is 5.39. The van der Waals surface area contributed by atoms with Gasteiger partial charge in [-0.05, 0) is 6.42 Å². The quantitative estimate of drug-likeness (QED) is 0.467. The molecule has 1 spiro atoms. The maximum Gasteiger partial charge on any atom is 0.110 e. The molecule has 0 aromatic rings. The van der Waals surface area contributed by atoms with Gasteiger partial charge < -0.3 is 4.74 Å². The minimum atomic E-state index is 0.0538. The summed E-state index contributed by atoms with van der Waals surface area (Å²) in [5.74, 6) is 0. The molecule has 1 unspecified atom stereocenters. The van der Waals surface area contributed by atoms with Crippen LogP contribution in [0.1, 0.15) is 6.42 Å². The molecule has 2 aliphatic heterocycles. The van der Waals surface area contributed by atoms with Gasteiger partial charge in [-0.3, -0.25) is 5.32 Å². The van der Waals surface area contributed by atoms with Crippen LogP contribution in [-0.4, -0.2) is 32.0 Å². The second-order valence-electron chi connectivity index (χ2n) is 2.64. The monoisotopic (exact) mass is 127 g/mol. The Morgan fingerprint density at radius 2 is 2.44 bits per heavy atom. The van der Waals surface area contributed by atoms with Gasteiger partial charge in [0.05, 0.1) is 13.2 Å². The molecule has 0 aliphatic carbocycles. The van der Waals surface area contributed by atoms with Crippen molar-refractivity contribution in [2.45, 2.75) is 12.1 Å². The highest BCUT2D eigenvalue weighted by Crippen LogP contribution is 2.18. The van der Waals surface area contributed by atoms with E-state index in [1.807, 2.05) is 0 Å². The minimum absolute atomic E-state index is 0.0538. The Morgan fingerprint density at radius 1 is 1.56 bits per heavy atom. The van der Waals surface area contributed by atoms with E-state index in [2.05, 4.69) is 10.6 Å². The zero-order valence-electron chi connectivity index (χ0n) is 5.39. The Labute approximate surface area is 54.8 Å². The van der Waals surface area contributed by atoms with Crippen LogP contribution in [0, 0.1) is 0 Å². The predicted octanol–water partition coefficient (Wildman–Crippen LogP) is -0.689. The summed E-state index contributed by atoms with van der Waals surface area (Å²) in [6.07, 6.45) is 1.16. The largest absolute Gasteiger partial charge is 0.377 e. The van der Waals surface area contributed by atoms with Crippen LogP contribution in [0.25, 0.3) is 0 Å². The van der Waals surface area contributed by atoms with Crippen molar-refractivity contribution in [1.82, 2.24) is 10.6 Å². The molecule has 0 aromatic heterocycles. The summed E-state index contributed by atoms with van der Waals surface area (Å²) in [6.45, 7) is 3.57. The molecular formula is C6H11N2O. The minimum Gasteiger partial charge on any atom is -0.377 e. The van der Waals surface area contributed by atoms with Crippen LogP contribution in [0.5, 0.6) is 0 Å². The van der Waals surface area contributed by atoms with Gasteiger partial charge >= 0.3 is 0 Å². The number of nitrogens with one attached hydrogen (secondary N) is 1. The summed E-state index contributed by atoms with van der Waals surface area (Å²) in [5, 5.41) is 7.70. The molecule has 0 bridgehead atoms. The lowest BCUT2D eigenvalue weighted by molar-refractivity contribution is -0.0265. The van der Waals surface area contributed by atoms with Crippen molar-refractivity contribution in [3.63, 3.8) is 0 Å². The van der Waals surface area contributed by atoms with Crippen molar-refractivity contribution in [3.05, 3.63) is 0 Å². The van der Waals surface area contributed by atoms with Crippen molar-refractivity contribution in [2.24, 2.45) is 0 Å². The number of hydrogen-bond donors (Lipinski definition) is 1. The van der Waals surface area contributed by atoms with Gasteiger partial charge in [-0.1, -0.05) is 0 Å². The number of morpholine rings is 1. The second-order valence-corrected chi connectivity index (χ2v) is 2.64. The lowest BCUT2D eigenvalue weighted by Crippen LogP contribution is -2.68. The lowest BCUT2D eigenvalue weighted by atomic mass is 9.98. The first kappa shape index (κ1) is 5.65. The fourth-order valence-electron chi connectivity index (χ4n) is 1.28. The van der Waals surface area contributed by atoms with Gasteiger partial charge in [0.15, 0.2) is 0 Å². The van der Waals surface area contributed by atoms with Crippen LogP contribution in [0.4, 0.5) is 0 Å². The number of rotatable bonds is 0. The summed E-state index contributed by atoms with van der Waals surface area (Å²) < 4.78 is 5.27. The number of ether oxygens (including phenoxy) is 1. The first-order chi connectivity index (χ1) is 4.41. The van der Waals surface area contributed by atoms with Crippen molar-refractivity contribution in [3.8, 4) is 0 Å². The molecule has 1 radical (unpaired) electrons. The average Bonchev–Trinajstić information content (AvgIpc) is 1.87. The Kier molecular flexibility index (Phi) is 1.22. The van der Waals surface area contributed by atoms with Crippen LogP contribution < -0.4 is 10.6 Å². The maximum absolute atomic E-state index is 5.27. The van der Waals surface area contributed by atoms with E-state index in [0.29, 0.717) is 0 Å². The predicted molar refractivity (Wildman–Crippen MR) is 33.2 cm³/mol. The molecule has 2 heterocycles. The highest BCUT2D eigenvalue weighted by Gasteiger charge is 2.39. The summed E-state index contributed by atoms with van der Waals surface area (Å²) in [4.78, 5) is 0.